The van der Waals surface area contributed by atoms with Gasteiger partial charge < -0.3 is 9.80 Å². The van der Waals surface area contributed by atoms with E-state index in [-0.39, 0.29) is 17.9 Å². The van der Waals surface area contributed by atoms with E-state index in [4.69, 9.17) is 23.2 Å². The normalized spacial score (nSPS) is 17.5. The molecular weight excluding hydrogens is 427 g/mol. The molecule has 1 fully saturated rings. The number of carbonyl (C=O) groups is 1. The number of aryl methyl sites for hydroxylation is 1. The van der Waals surface area contributed by atoms with E-state index in [1.807, 2.05) is 79.4 Å². The second-order valence-electron chi connectivity index (χ2n) is 8.13. The highest BCUT2D eigenvalue weighted by atomic mass is 35.5. The number of rotatable bonds is 4. The van der Waals surface area contributed by atoms with Gasteiger partial charge in [0.05, 0.1) is 22.7 Å². The highest BCUT2D eigenvalue weighted by molar-refractivity contribution is 6.33. The lowest BCUT2D eigenvalue weighted by molar-refractivity contribution is -0.133. The predicted molar refractivity (Wildman–Crippen MR) is 129 cm³/mol. The summed E-state index contributed by atoms with van der Waals surface area (Å²) in [6.45, 7) is 5.99. The SMILES string of the molecule is Cc1ccc(N2CCN(C(=O)C(C)c3ccccc3)CC2c2ccc(Cl)cc2)c(Cl)c1. The fraction of sp³-hybridized carbons (Fsp3) is 0.269. The highest BCUT2D eigenvalue weighted by Gasteiger charge is 2.33. The number of amides is 1. The lowest BCUT2D eigenvalue weighted by Crippen LogP contribution is -2.51. The van der Waals surface area contributed by atoms with Crippen molar-refractivity contribution in [2.24, 2.45) is 0 Å². The van der Waals surface area contributed by atoms with Gasteiger partial charge in [0.2, 0.25) is 5.91 Å². The molecule has 0 saturated carbocycles. The van der Waals surface area contributed by atoms with Crippen LogP contribution in [0.5, 0.6) is 0 Å². The zero-order valence-electron chi connectivity index (χ0n) is 17.8. The monoisotopic (exact) mass is 452 g/mol. The first-order chi connectivity index (χ1) is 14.9. The third-order valence-corrected chi connectivity index (χ3v) is 6.58. The van der Waals surface area contributed by atoms with Crippen LogP contribution in [0.1, 0.15) is 35.6 Å². The second kappa shape index (κ2) is 9.33. The van der Waals surface area contributed by atoms with Crippen molar-refractivity contribution in [1.29, 1.82) is 0 Å². The van der Waals surface area contributed by atoms with Gasteiger partial charge in [0.15, 0.2) is 0 Å². The standard InChI is InChI=1S/C26H26Cl2N2O/c1-18-8-13-24(23(28)16-18)30-15-14-29(17-25(30)21-9-11-22(27)12-10-21)26(31)19(2)20-6-4-3-5-7-20/h3-13,16,19,25H,14-15,17H2,1-2H3. The first kappa shape index (κ1) is 21.7. The summed E-state index contributed by atoms with van der Waals surface area (Å²) in [6.07, 6.45) is 0. The molecule has 160 valence electrons. The Morgan fingerprint density at radius 2 is 1.68 bits per heavy atom. The van der Waals surface area contributed by atoms with E-state index in [1.165, 1.54) is 0 Å². The fourth-order valence-corrected chi connectivity index (χ4v) is 4.71. The molecule has 2 atom stereocenters. The van der Waals surface area contributed by atoms with Crippen LogP contribution in [0.4, 0.5) is 5.69 Å². The summed E-state index contributed by atoms with van der Waals surface area (Å²) in [4.78, 5) is 17.6. The Labute approximate surface area is 194 Å². The van der Waals surface area contributed by atoms with Crippen molar-refractivity contribution >= 4 is 34.8 Å². The number of anilines is 1. The van der Waals surface area contributed by atoms with Crippen LogP contribution in [-0.4, -0.2) is 30.4 Å². The topological polar surface area (TPSA) is 23.6 Å². The number of hydrogen-bond donors (Lipinski definition) is 0. The van der Waals surface area contributed by atoms with Crippen LogP contribution in [0.25, 0.3) is 0 Å². The number of carbonyl (C=O) groups excluding carboxylic acids is 1. The van der Waals surface area contributed by atoms with Crippen molar-refractivity contribution in [1.82, 2.24) is 4.90 Å². The summed E-state index contributed by atoms with van der Waals surface area (Å²) in [5.74, 6) is -0.0265. The first-order valence-corrected chi connectivity index (χ1v) is 11.3. The van der Waals surface area contributed by atoms with Crippen molar-refractivity contribution in [3.05, 3.63) is 99.5 Å². The Kier molecular flexibility index (Phi) is 6.54. The molecule has 0 bridgehead atoms. The van der Waals surface area contributed by atoms with Gasteiger partial charge in [-0.2, -0.15) is 0 Å². The molecule has 1 saturated heterocycles. The molecule has 1 heterocycles. The number of piperazine rings is 1. The molecule has 1 aliphatic rings. The number of hydrogen-bond acceptors (Lipinski definition) is 2. The molecule has 31 heavy (non-hydrogen) atoms. The van der Waals surface area contributed by atoms with Gasteiger partial charge in [0.25, 0.3) is 0 Å². The summed E-state index contributed by atoms with van der Waals surface area (Å²) in [5.41, 5.74) is 4.28. The molecule has 3 aromatic rings. The van der Waals surface area contributed by atoms with Crippen molar-refractivity contribution in [2.75, 3.05) is 24.5 Å². The minimum Gasteiger partial charge on any atom is -0.360 e. The highest BCUT2D eigenvalue weighted by Crippen LogP contribution is 2.36. The Balaban J connectivity index is 1.64. The molecule has 3 nitrogen and oxygen atoms in total. The van der Waals surface area contributed by atoms with E-state index in [0.29, 0.717) is 24.7 Å². The molecule has 0 radical (unpaired) electrons. The van der Waals surface area contributed by atoms with Crippen molar-refractivity contribution in [3.63, 3.8) is 0 Å². The fourth-order valence-electron chi connectivity index (χ4n) is 4.24. The average molecular weight is 453 g/mol. The van der Waals surface area contributed by atoms with Gasteiger partial charge in [0.1, 0.15) is 0 Å². The molecule has 0 N–H and O–H groups in total. The Bertz CT molecular complexity index is 1050. The lowest BCUT2D eigenvalue weighted by Gasteiger charge is -2.44. The molecule has 1 aliphatic heterocycles. The van der Waals surface area contributed by atoms with Crippen molar-refractivity contribution in [3.8, 4) is 0 Å². The summed E-state index contributed by atoms with van der Waals surface area (Å²) >= 11 is 12.8. The summed E-state index contributed by atoms with van der Waals surface area (Å²) in [5, 5.41) is 1.43. The smallest absolute Gasteiger partial charge is 0.229 e. The molecule has 0 spiro atoms. The minimum atomic E-state index is -0.179. The van der Waals surface area contributed by atoms with Crippen molar-refractivity contribution in [2.45, 2.75) is 25.8 Å². The van der Waals surface area contributed by atoms with E-state index in [9.17, 15) is 4.79 Å². The molecule has 3 aromatic carbocycles. The van der Waals surface area contributed by atoms with E-state index in [0.717, 1.165) is 27.4 Å². The maximum absolute atomic E-state index is 13.3. The molecule has 5 heteroatoms. The zero-order valence-corrected chi connectivity index (χ0v) is 19.3. The molecule has 0 aromatic heterocycles. The minimum absolute atomic E-state index is 0.00172. The summed E-state index contributed by atoms with van der Waals surface area (Å²) < 4.78 is 0. The molecule has 2 unspecified atom stereocenters. The van der Waals surface area contributed by atoms with Crippen molar-refractivity contribution < 1.29 is 4.79 Å². The third kappa shape index (κ3) is 4.73. The number of halogens is 2. The average Bonchev–Trinajstić information content (AvgIpc) is 2.79. The molecule has 4 rings (SSSR count). The number of benzene rings is 3. The van der Waals surface area contributed by atoms with Gasteiger partial charge in [-0.25, -0.2) is 0 Å². The second-order valence-corrected chi connectivity index (χ2v) is 8.98. The van der Waals surface area contributed by atoms with Crippen LogP contribution in [0.3, 0.4) is 0 Å². The Morgan fingerprint density at radius 1 is 0.968 bits per heavy atom. The quantitative estimate of drug-likeness (QED) is 0.451. The van der Waals surface area contributed by atoms with Gasteiger partial charge in [0, 0.05) is 24.7 Å². The van der Waals surface area contributed by atoms with E-state index in [1.54, 1.807) is 0 Å². The lowest BCUT2D eigenvalue weighted by atomic mass is 9.97. The van der Waals surface area contributed by atoms with Gasteiger partial charge >= 0.3 is 0 Å². The molecule has 1 amide bonds. The van der Waals surface area contributed by atoms with E-state index < -0.39 is 0 Å². The third-order valence-electron chi connectivity index (χ3n) is 6.03. The van der Waals surface area contributed by atoms with Crippen LogP contribution >= 0.6 is 23.2 Å². The van der Waals surface area contributed by atoms with Gasteiger partial charge in [-0.15, -0.1) is 0 Å². The Morgan fingerprint density at radius 3 is 2.35 bits per heavy atom. The summed E-state index contributed by atoms with van der Waals surface area (Å²) in [7, 11) is 0. The van der Waals surface area contributed by atoms with Crippen LogP contribution in [0.2, 0.25) is 10.0 Å². The van der Waals surface area contributed by atoms with Crippen LogP contribution in [0.15, 0.2) is 72.8 Å². The molecule has 0 aliphatic carbocycles. The summed E-state index contributed by atoms with van der Waals surface area (Å²) in [6, 6.07) is 24.0. The predicted octanol–water partition coefficient (Wildman–Crippen LogP) is 6.50. The number of nitrogens with zero attached hydrogens (tertiary/aromatic N) is 2. The largest absolute Gasteiger partial charge is 0.360 e. The first-order valence-electron chi connectivity index (χ1n) is 10.6. The van der Waals surface area contributed by atoms with Crippen LogP contribution in [0, 0.1) is 6.92 Å². The van der Waals surface area contributed by atoms with Crippen LogP contribution in [-0.2, 0) is 4.79 Å². The van der Waals surface area contributed by atoms with Gasteiger partial charge in [-0.05, 0) is 54.8 Å². The maximum Gasteiger partial charge on any atom is 0.229 e. The van der Waals surface area contributed by atoms with Crippen LogP contribution < -0.4 is 4.90 Å². The van der Waals surface area contributed by atoms with Gasteiger partial charge in [-0.3, -0.25) is 4.79 Å². The van der Waals surface area contributed by atoms with Gasteiger partial charge in [-0.1, -0.05) is 71.7 Å². The zero-order chi connectivity index (χ0) is 22.0. The van der Waals surface area contributed by atoms with E-state index in [2.05, 4.69) is 17.0 Å². The Hall–Kier alpha value is -2.49. The maximum atomic E-state index is 13.3. The molecular formula is C26H26Cl2N2O. The van der Waals surface area contributed by atoms with E-state index >= 15 is 0 Å².